The Morgan fingerprint density at radius 3 is 1.57 bits per heavy atom. The summed E-state index contributed by atoms with van der Waals surface area (Å²) in [5, 5.41) is 19.4. The van der Waals surface area contributed by atoms with E-state index in [1.54, 1.807) is 0 Å². The van der Waals surface area contributed by atoms with Gasteiger partial charge in [0.1, 0.15) is 18.3 Å². The van der Waals surface area contributed by atoms with Crippen molar-refractivity contribution in [3.8, 4) is 0 Å². The Hall–Kier alpha value is 0.461. The first-order valence-electron chi connectivity index (χ1n) is 15.3. The van der Waals surface area contributed by atoms with E-state index in [-0.39, 0.29) is 28.6 Å². The van der Waals surface area contributed by atoms with Gasteiger partial charge in [-0.05, 0) is 66.2 Å². The lowest BCUT2D eigenvalue weighted by Crippen LogP contribution is -2.68. The molecule has 1 heterocycles. The molecule has 2 N–H and O–H groups in total. The summed E-state index contributed by atoms with van der Waals surface area (Å²) in [6.07, 6.45) is -3.75. The van der Waals surface area contributed by atoms with E-state index < -0.39 is 68.4 Å². The van der Waals surface area contributed by atoms with Crippen molar-refractivity contribution in [2.45, 2.75) is 167 Å². The lowest BCUT2D eigenvalue weighted by Gasteiger charge is -2.54. The molecule has 0 spiro atoms. The Labute approximate surface area is 255 Å². The third-order valence-corrected chi connectivity index (χ3v) is 23.0. The fourth-order valence-electron chi connectivity index (χ4n) is 3.61. The van der Waals surface area contributed by atoms with Gasteiger partial charge in [-0.25, -0.2) is 0 Å². The minimum absolute atomic E-state index is 0.00834. The Bertz CT molecular complexity index is 853. The van der Waals surface area contributed by atoms with Crippen LogP contribution in [-0.2, 0) is 22.8 Å². The van der Waals surface area contributed by atoms with Crippen LogP contribution in [0.2, 0.25) is 54.4 Å². The van der Waals surface area contributed by atoms with E-state index in [0.717, 1.165) is 0 Å². The van der Waals surface area contributed by atoms with Gasteiger partial charge < -0.3 is 33.0 Å². The number of aliphatic hydroxyl groups excluding tert-OH is 2. The van der Waals surface area contributed by atoms with Crippen LogP contribution in [0.1, 0.15) is 77.0 Å². The molecule has 0 radical (unpaired) electrons. The highest BCUT2D eigenvalue weighted by atomic mass is 32.1. The molecule has 40 heavy (non-hydrogen) atoms. The van der Waals surface area contributed by atoms with Crippen molar-refractivity contribution < 1.29 is 34.3 Å². The summed E-state index contributed by atoms with van der Waals surface area (Å²) in [5.41, 5.74) is 0. The van der Waals surface area contributed by atoms with Crippen LogP contribution in [0, 0.1) is 0 Å². The fraction of sp³-hybridized carbons (Fsp3) is 0.966. The molecule has 0 aromatic rings. The molecule has 0 saturated carbocycles. The molecule has 0 amide bonds. The normalized spacial score (nSPS) is 26.9. The monoisotopic (exact) mass is 639 g/mol. The zero-order valence-corrected chi connectivity index (χ0v) is 32.0. The number of thiocarbonyl (C=S) groups is 1. The van der Waals surface area contributed by atoms with Gasteiger partial charge in [-0.3, -0.25) is 0 Å². The second-order valence-corrected chi connectivity index (χ2v) is 30.8. The van der Waals surface area contributed by atoms with E-state index in [0.29, 0.717) is 11.3 Å². The van der Waals surface area contributed by atoms with Gasteiger partial charge in [-0.2, -0.15) is 0 Å². The van der Waals surface area contributed by atoms with Crippen LogP contribution in [-0.4, -0.2) is 90.1 Å². The molecule has 7 nitrogen and oxygen atoms in total. The summed E-state index contributed by atoms with van der Waals surface area (Å²) in [6, 6.07) is 0. The van der Waals surface area contributed by atoms with Crippen molar-refractivity contribution in [1.82, 2.24) is 0 Å². The molecule has 0 aliphatic carbocycles. The van der Waals surface area contributed by atoms with Gasteiger partial charge in [-0.15, -0.1) is 0 Å². The van der Waals surface area contributed by atoms with E-state index in [4.69, 9.17) is 36.3 Å². The van der Waals surface area contributed by atoms with Gasteiger partial charge in [0.25, 0.3) is 0 Å². The first kappa shape index (κ1) is 36.7. The van der Waals surface area contributed by atoms with Crippen LogP contribution in [0.5, 0.6) is 0 Å². The lowest BCUT2D eigenvalue weighted by molar-refractivity contribution is -0.290. The van der Waals surface area contributed by atoms with Gasteiger partial charge in [0.05, 0.1) is 25.4 Å². The quantitative estimate of drug-likeness (QED) is 0.174. The van der Waals surface area contributed by atoms with Crippen molar-refractivity contribution in [1.29, 1.82) is 0 Å². The molecule has 6 atom stereocenters. The molecule has 1 aliphatic rings. The number of hydrogen-bond donors (Lipinski definition) is 2. The molecule has 0 aromatic heterocycles. The Morgan fingerprint density at radius 1 is 0.800 bits per heavy atom. The average molecular weight is 640 g/mol. The van der Waals surface area contributed by atoms with Crippen LogP contribution >= 0.6 is 12.2 Å². The first-order chi connectivity index (χ1) is 18.2. The Morgan fingerprint density at radius 2 is 1.20 bits per heavy atom. The Balaban J connectivity index is 3.90. The molecule has 1 saturated heterocycles. The zero-order valence-electron chi connectivity index (χ0n) is 29.1. The number of ether oxygens (including phenoxy) is 2. The third-order valence-electron chi connectivity index (χ3n) is 9.39. The van der Waals surface area contributed by atoms with Crippen molar-refractivity contribution in [2.24, 2.45) is 0 Å². The van der Waals surface area contributed by atoms with Gasteiger partial charge in [0.2, 0.25) is 0 Å². The first-order valence-corrected chi connectivity index (χ1v) is 23.7. The van der Waals surface area contributed by atoms with E-state index in [2.05, 4.69) is 102 Å². The average Bonchev–Trinajstić information content (AvgIpc) is 2.78. The highest BCUT2D eigenvalue weighted by Crippen LogP contribution is 2.46. The van der Waals surface area contributed by atoms with Gasteiger partial charge in [0.15, 0.2) is 31.2 Å². The highest BCUT2D eigenvalue weighted by Gasteiger charge is 2.56. The Kier molecular flexibility index (Phi) is 12.5. The summed E-state index contributed by atoms with van der Waals surface area (Å²) in [7, 11) is -7.10. The van der Waals surface area contributed by atoms with E-state index in [1.807, 2.05) is 0 Å². The topological polar surface area (TPSA) is 86.6 Å². The molecule has 0 bridgehead atoms. The predicted octanol–water partition coefficient (Wildman–Crippen LogP) is 7.03. The second kappa shape index (κ2) is 13.6. The van der Waals surface area contributed by atoms with Crippen LogP contribution in [0.4, 0.5) is 0 Å². The summed E-state index contributed by atoms with van der Waals surface area (Å²) in [5.74, 6) is 0. The smallest absolute Gasteiger partial charge is 0.192 e. The summed E-state index contributed by atoms with van der Waals surface area (Å²) in [4.78, 5) is 0.572. The largest absolute Gasteiger partial charge is 0.409 e. The minimum Gasteiger partial charge on any atom is -0.409 e. The van der Waals surface area contributed by atoms with Crippen LogP contribution in [0.3, 0.4) is 0 Å². The molecular formula is C29H62O7SSi3. The number of rotatable bonds is 12. The van der Waals surface area contributed by atoms with Crippen LogP contribution < -0.4 is 0 Å². The fourth-order valence-corrected chi connectivity index (χ4v) is 7.68. The predicted molar refractivity (Wildman–Crippen MR) is 177 cm³/mol. The molecular weight excluding hydrogens is 577 g/mol. The van der Waals surface area contributed by atoms with E-state index in [1.165, 1.54) is 0 Å². The van der Waals surface area contributed by atoms with E-state index in [9.17, 15) is 10.2 Å². The summed E-state index contributed by atoms with van der Waals surface area (Å²) >= 11 is 5.56. The number of hydrogen-bond acceptors (Lipinski definition) is 8. The van der Waals surface area contributed by atoms with E-state index >= 15 is 0 Å². The minimum atomic E-state index is -2.38. The molecule has 1 rings (SSSR count). The highest BCUT2D eigenvalue weighted by molar-refractivity contribution is 7.80. The maximum Gasteiger partial charge on any atom is 0.192 e. The van der Waals surface area contributed by atoms with Gasteiger partial charge in [0, 0.05) is 7.79 Å². The van der Waals surface area contributed by atoms with Gasteiger partial charge >= 0.3 is 0 Å². The zero-order chi connectivity index (χ0) is 32.4. The maximum atomic E-state index is 10.2. The molecule has 1 fully saturated rings. The van der Waals surface area contributed by atoms with Crippen molar-refractivity contribution in [3.63, 3.8) is 0 Å². The molecule has 2 unspecified atom stereocenters. The lowest BCUT2D eigenvalue weighted by atomic mass is 9.96. The van der Waals surface area contributed by atoms with Crippen LogP contribution in [0.15, 0.2) is 0 Å². The van der Waals surface area contributed by atoms with Crippen LogP contribution in [0.25, 0.3) is 0 Å². The molecule has 0 aromatic carbocycles. The third kappa shape index (κ3) is 10.0. The van der Waals surface area contributed by atoms with Crippen molar-refractivity contribution in [3.05, 3.63) is 0 Å². The molecule has 1 aliphatic heterocycles. The summed E-state index contributed by atoms with van der Waals surface area (Å²) < 4.78 is 42.3. The standard InChI is InChI=1S/C29H62O7SSi3/c1-20(37)17-22-23(34-38(11,12)27(2,3)4)24(35-39(13,14)28(5,6)7)25(36-40(15,16)29(8,9)10)26(33-22)32-19-21(31)18-30/h21-26,30-31H,17-19H2,1-16H3/t21?,22-,23-,24+,25-,26?/m1/s1/i1D. The van der Waals surface area contributed by atoms with Crippen molar-refractivity contribution in [2.75, 3.05) is 13.2 Å². The maximum absolute atomic E-state index is 10.2. The molecule has 11 heteroatoms. The second-order valence-electron chi connectivity index (χ2n) is 16.0. The van der Waals surface area contributed by atoms with Crippen molar-refractivity contribution >= 4 is 42.0 Å². The SMILES string of the molecule is [2H]CC(=S)C[C@H]1OC(OCC(O)CO)[C@H](O[Si](C)(C)C(C)(C)C)[C@@H](O[Si](C)(C)C(C)(C)C)[C@@H]1O[Si](C)(C)C(C)(C)C. The molecule has 238 valence electrons. The number of aliphatic hydroxyl groups is 2. The van der Waals surface area contributed by atoms with Gasteiger partial charge in [-0.1, -0.05) is 74.5 Å². The summed E-state index contributed by atoms with van der Waals surface area (Å²) in [6.45, 7) is 32.6.